The highest BCUT2D eigenvalue weighted by atomic mass is 16.6. The third kappa shape index (κ3) is 3.41. The number of rotatable bonds is 5. The van der Waals surface area contributed by atoms with E-state index in [0.717, 1.165) is 11.1 Å². The quantitative estimate of drug-likeness (QED) is 0.365. The summed E-state index contributed by atoms with van der Waals surface area (Å²) in [4.78, 5) is 24.6. The minimum absolute atomic E-state index is 0.136. The molecule has 0 bridgehead atoms. The van der Waals surface area contributed by atoms with Gasteiger partial charge < -0.3 is 4.90 Å². The van der Waals surface area contributed by atoms with Crippen molar-refractivity contribution in [1.82, 2.24) is 4.90 Å². The molecule has 120 valence electrons. The Kier molecular flexibility index (Phi) is 4.52. The molecule has 0 radical (unpaired) electrons. The largest absolute Gasteiger partial charge is 0.340 e. The highest BCUT2D eigenvalue weighted by Crippen LogP contribution is 2.30. The first-order chi connectivity index (χ1) is 11.6. The van der Waals surface area contributed by atoms with Gasteiger partial charge in [0, 0.05) is 29.0 Å². The molecule has 0 aromatic heterocycles. The standard InChI is InChI=1S/C19H16N2O3/c22-19(16-7-2-1-3-8-16)11-13-20-12-10-15-6-4-5-9-17(15)18(20)14-21(23)24/h1-13,18H,14H2/b13-11+. The van der Waals surface area contributed by atoms with Crippen LogP contribution in [0.5, 0.6) is 0 Å². The van der Waals surface area contributed by atoms with Crippen molar-refractivity contribution in [3.8, 4) is 0 Å². The Balaban J connectivity index is 1.85. The summed E-state index contributed by atoms with van der Waals surface area (Å²) in [6.07, 6.45) is 6.71. The molecule has 1 unspecified atom stereocenters. The summed E-state index contributed by atoms with van der Waals surface area (Å²) in [5.74, 6) is -0.136. The van der Waals surface area contributed by atoms with Crippen molar-refractivity contribution in [2.45, 2.75) is 6.04 Å². The summed E-state index contributed by atoms with van der Waals surface area (Å²) in [5.41, 5.74) is 2.43. The lowest BCUT2D eigenvalue weighted by atomic mass is 9.96. The average molecular weight is 320 g/mol. The summed E-state index contributed by atoms with van der Waals surface area (Å²) >= 11 is 0. The smallest absolute Gasteiger partial charge is 0.228 e. The molecule has 0 fully saturated rings. The number of nitro groups is 1. The van der Waals surface area contributed by atoms with E-state index in [1.54, 1.807) is 41.6 Å². The molecule has 24 heavy (non-hydrogen) atoms. The number of hydrogen-bond acceptors (Lipinski definition) is 4. The molecule has 5 heteroatoms. The van der Waals surface area contributed by atoms with E-state index in [9.17, 15) is 14.9 Å². The molecule has 1 aliphatic rings. The van der Waals surface area contributed by atoms with Crippen LogP contribution in [0, 0.1) is 10.1 Å². The van der Waals surface area contributed by atoms with Crippen LogP contribution in [0.1, 0.15) is 27.5 Å². The molecule has 5 nitrogen and oxygen atoms in total. The molecule has 3 rings (SSSR count). The average Bonchev–Trinajstić information content (AvgIpc) is 2.61. The molecule has 0 N–H and O–H groups in total. The third-order valence-corrected chi connectivity index (χ3v) is 3.92. The van der Waals surface area contributed by atoms with Crippen molar-refractivity contribution in [2.75, 3.05) is 6.54 Å². The van der Waals surface area contributed by atoms with Gasteiger partial charge in [0.25, 0.3) is 0 Å². The van der Waals surface area contributed by atoms with Crippen LogP contribution in [0.3, 0.4) is 0 Å². The van der Waals surface area contributed by atoms with Gasteiger partial charge in [0.1, 0.15) is 6.04 Å². The zero-order valence-corrected chi connectivity index (χ0v) is 12.9. The summed E-state index contributed by atoms with van der Waals surface area (Å²) < 4.78 is 0. The van der Waals surface area contributed by atoms with Crippen molar-refractivity contribution in [1.29, 1.82) is 0 Å². The molecule has 0 aliphatic carbocycles. The summed E-state index contributed by atoms with van der Waals surface area (Å²) in [5, 5.41) is 11.0. The van der Waals surface area contributed by atoms with Crippen molar-refractivity contribution >= 4 is 11.9 Å². The highest BCUT2D eigenvalue weighted by molar-refractivity contribution is 6.04. The Bertz CT molecular complexity index is 812. The van der Waals surface area contributed by atoms with E-state index in [-0.39, 0.29) is 17.3 Å². The maximum Gasteiger partial charge on any atom is 0.228 e. The Hall–Kier alpha value is -3.21. The Labute approximate surface area is 139 Å². The summed E-state index contributed by atoms with van der Waals surface area (Å²) in [6, 6.07) is 16.1. The highest BCUT2D eigenvalue weighted by Gasteiger charge is 2.26. The van der Waals surface area contributed by atoms with E-state index < -0.39 is 6.04 Å². The monoisotopic (exact) mass is 320 g/mol. The van der Waals surface area contributed by atoms with E-state index in [4.69, 9.17) is 0 Å². The van der Waals surface area contributed by atoms with Gasteiger partial charge in [-0.3, -0.25) is 14.9 Å². The molecule has 0 amide bonds. The molecule has 1 atom stereocenters. The maximum absolute atomic E-state index is 12.2. The van der Waals surface area contributed by atoms with E-state index in [2.05, 4.69) is 0 Å². The van der Waals surface area contributed by atoms with Gasteiger partial charge in [-0.1, -0.05) is 54.6 Å². The van der Waals surface area contributed by atoms with Crippen molar-refractivity contribution in [2.24, 2.45) is 0 Å². The van der Waals surface area contributed by atoms with Crippen molar-refractivity contribution < 1.29 is 9.72 Å². The lowest BCUT2D eigenvalue weighted by Gasteiger charge is -2.29. The number of allylic oxidation sites excluding steroid dienone is 1. The number of ketones is 1. The first-order valence-corrected chi connectivity index (χ1v) is 7.59. The van der Waals surface area contributed by atoms with Gasteiger partial charge in [-0.15, -0.1) is 0 Å². The van der Waals surface area contributed by atoms with Crippen LogP contribution in [0.15, 0.2) is 73.1 Å². The normalized spacial score (nSPS) is 16.2. The van der Waals surface area contributed by atoms with Crippen LogP contribution < -0.4 is 0 Å². The molecule has 1 aliphatic heterocycles. The molecule has 0 spiro atoms. The fourth-order valence-corrected chi connectivity index (χ4v) is 2.74. The zero-order valence-electron chi connectivity index (χ0n) is 12.9. The van der Waals surface area contributed by atoms with E-state index in [1.807, 2.05) is 36.4 Å². The predicted octanol–water partition coefficient (Wildman–Crippen LogP) is 3.69. The fourth-order valence-electron chi connectivity index (χ4n) is 2.74. The molecule has 0 saturated heterocycles. The topological polar surface area (TPSA) is 63.5 Å². The fraction of sp³-hybridized carbons (Fsp3) is 0.105. The second-order valence-electron chi connectivity index (χ2n) is 5.47. The summed E-state index contributed by atoms with van der Waals surface area (Å²) in [7, 11) is 0. The SMILES string of the molecule is O=C(/C=C/N1C=Cc2ccccc2C1C[N+](=O)[O-])c1ccccc1. The molecule has 2 aromatic carbocycles. The molecule has 2 aromatic rings. The third-order valence-electron chi connectivity index (χ3n) is 3.92. The second kappa shape index (κ2) is 6.91. The van der Waals surface area contributed by atoms with Gasteiger partial charge in [0.15, 0.2) is 5.78 Å². The Morgan fingerprint density at radius 3 is 2.58 bits per heavy atom. The van der Waals surface area contributed by atoms with Gasteiger partial charge in [-0.25, -0.2) is 0 Å². The lowest BCUT2D eigenvalue weighted by Crippen LogP contribution is -2.28. The van der Waals surface area contributed by atoms with Crippen LogP contribution in [0.25, 0.3) is 6.08 Å². The second-order valence-corrected chi connectivity index (χ2v) is 5.47. The Morgan fingerprint density at radius 1 is 1.12 bits per heavy atom. The van der Waals surface area contributed by atoms with Crippen LogP contribution in [0.4, 0.5) is 0 Å². The van der Waals surface area contributed by atoms with Gasteiger partial charge in [-0.05, 0) is 17.2 Å². The van der Waals surface area contributed by atoms with Gasteiger partial charge in [-0.2, -0.15) is 0 Å². The first kappa shape index (κ1) is 15.7. The Morgan fingerprint density at radius 2 is 1.83 bits per heavy atom. The number of hydrogen-bond donors (Lipinski definition) is 0. The van der Waals surface area contributed by atoms with Crippen LogP contribution in [0.2, 0.25) is 0 Å². The zero-order chi connectivity index (χ0) is 16.9. The van der Waals surface area contributed by atoms with Gasteiger partial charge in [0.05, 0.1) is 0 Å². The molecule has 0 saturated carbocycles. The van der Waals surface area contributed by atoms with Crippen molar-refractivity contribution in [3.05, 3.63) is 99.9 Å². The number of nitrogens with zero attached hydrogens (tertiary/aromatic N) is 2. The molecular weight excluding hydrogens is 304 g/mol. The number of carbonyl (C=O) groups excluding carboxylic acids is 1. The molecular formula is C19H16N2O3. The van der Waals surface area contributed by atoms with E-state index in [1.165, 1.54) is 6.08 Å². The van der Waals surface area contributed by atoms with E-state index in [0.29, 0.717) is 5.56 Å². The molecule has 1 heterocycles. The van der Waals surface area contributed by atoms with Gasteiger partial charge in [0.2, 0.25) is 6.54 Å². The summed E-state index contributed by atoms with van der Waals surface area (Å²) in [6.45, 7) is -0.231. The van der Waals surface area contributed by atoms with Crippen molar-refractivity contribution in [3.63, 3.8) is 0 Å². The number of fused-ring (bicyclic) bond motifs is 1. The van der Waals surface area contributed by atoms with Crippen LogP contribution in [-0.2, 0) is 0 Å². The number of carbonyl (C=O) groups is 1. The first-order valence-electron chi connectivity index (χ1n) is 7.59. The minimum atomic E-state index is -0.430. The minimum Gasteiger partial charge on any atom is -0.340 e. The van der Waals surface area contributed by atoms with Gasteiger partial charge >= 0.3 is 0 Å². The van der Waals surface area contributed by atoms with E-state index >= 15 is 0 Å². The lowest BCUT2D eigenvalue weighted by molar-refractivity contribution is -0.486. The predicted molar refractivity (Wildman–Crippen MR) is 91.8 cm³/mol. The maximum atomic E-state index is 12.2. The van der Waals surface area contributed by atoms with Crippen LogP contribution >= 0.6 is 0 Å². The van der Waals surface area contributed by atoms with Crippen LogP contribution in [-0.4, -0.2) is 22.2 Å². The number of benzene rings is 2.